The molecule has 1 aliphatic heterocycles. The Morgan fingerprint density at radius 2 is 1.76 bits per heavy atom. The summed E-state index contributed by atoms with van der Waals surface area (Å²) in [7, 11) is 0. The Kier molecular flexibility index (Phi) is 7.20. The molecule has 5 heteroatoms. The Labute approximate surface area is 203 Å². The fraction of sp³-hybridized carbons (Fsp3) is 0.552. The number of ether oxygens (including phenoxy) is 1. The molecule has 0 bridgehead atoms. The van der Waals surface area contributed by atoms with Crippen molar-refractivity contribution in [3.63, 3.8) is 0 Å². The van der Waals surface area contributed by atoms with Crippen LogP contribution in [0.2, 0.25) is 0 Å². The third-order valence-electron chi connectivity index (χ3n) is 7.44. The van der Waals surface area contributed by atoms with Crippen LogP contribution in [0.3, 0.4) is 0 Å². The summed E-state index contributed by atoms with van der Waals surface area (Å²) in [5.74, 6) is -0.0789. The van der Waals surface area contributed by atoms with E-state index in [0.717, 1.165) is 44.2 Å². The highest BCUT2D eigenvalue weighted by Gasteiger charge is 2.25. The number of carbonyl (C=O) groups excluding carboxylic acids is 1. The molecule has 184 valence electrons. The van der Waals surface area contributed by atoms with Gasteiger partial charge in [-0.15, -0.1) is 0 Å². The summed E-state index contributed by atoms with van der Waals surface area (Å²) in [6.07, 6.45) is 7.70. The first kappa shape index (κ1) is 24.6. The van der Waals surface area contributed by atoms with Crippen LogP contribution in [-0.4, -0.2) is 18.6 Å². The van der Waals surface area contributed by atoms with E-state index in [0.29, 0.717) is 18.7 Å². The van der Waals surface area contributed by atoms with Crippen molar-refractivity contribution in [1.82, 2.24) is 0 Å². The maximum absolute atomic E-state index is 14.9. The van der Waals surface area contributed by atoms with Crippen LogP contribution in [0.25, 0.3) is 0 Å². The molecule has 34 heavy (non-hydrogen) atoms. The molecule has 1 fully saturated rings. The summed E-state index contributed by atoms with van der Waals surface area (Å²) < 4.78 is 21.0. The van der Waals surface area contributed by atoms with E-state index >= 15 is 0 Å². The Morgan fingerprint density at radius 1 is 1.09 bits per heavy atom. The van der Waals surface area contributed by atoms with E-state index < -0.39 is 0 Å². The SMILES string of the molecule is Cc1cc(N2CCCc3cc(OC4CCCC4)c(F)cc3C2)cc(C)c1CC(C)(C)CC(N)=O. The van der Waals surface area contributed by atoms with Gasteiger partial charge in [0.1, 0.15) is 0 Å². The van der Waals surface area contributed by atoms with Crippen molar-refractivity contribution in [2.75, 3.05) is 11.4 Å². The Balaban J connectivity index is 1.54. The summed E-state index contributed by atoms with van der Waals surface area (Å²) in [6.45, 7) is 10.1. The molecule has 1 heterocycles. The van der Waals surface area contributed by atoms with Crippen molar-refractivity contribution in [2.45, 2.75) is 91.7 Å². The Morgan fingerprint density at radius 3 is 2.41 bits per heavy atom. The molecule has 1 amide bonds. The normalized spacial score (nSPS) is 16.9. The summed E-state index contributed by atoms with van der Waals surface area (Å²) in [4.78, 5) is 13.8. The highest BCUT2D eigenvalue weighted by Crippen LogP contribution is 2.34. The standard InChI is InChI=1S/C29H39FN2O2/c1-19-12-23(13-20(2)25(19)16-29(3,4)17-28(31)33)32-11-7-8-21-15-27(26(30)14-22(21)18-32)34-24-9-5-6-10-24/h12-15,24H,5-11,16-18H2,1-4H3,(H2,31,33). The maximum Gasteiger partial charge on any atom is 0.217 e. The summed E-state index contributed by atoms with van der Waals surface area (Å²) in [5, 5.41) is 0. The largest absolute Gasteiger partial charge is 0.487 e. The zero-order valence-corrected chi connectivity index (χ0v) is 21.2. The van der Waals surface area contributed by atoms with Gasteiger partial charge in [-0.05, 0) is 116 Å². The Bertz CT molecular complexity index is 1030. The predicted molar refractivity (Wildman–Crippen MR) is 136 cm³/mol. The van der Waals surface area contributed by atoms with Gasteiger partial charge < -0.3 is 15.4 Å². The zero-order valence-electron chi connectivity index (χ0n) is 21.2. The first-order valence-electron chi connectivity index (χ1n) is 12.7. The van der Waals surface area contributed by atoms with Crippen LogP contribution in [0, 0.1) is 25.1 Å². The van der Waals surface area contributed by atoms with Crippen molar-refractivity contribution in [1.29, 1.82) is 0 Å². The molecule has 2 aromatic rings. The molecule has 2 aromatic carbocycles. The molecule has 0 aromatic heterocycles. The van der Waals surface area contributed by atoms with Gasteiger partial charge in [-0.25, -0.2) is 4.39 Å². The topological polar surface area (TPSA) is 55.6 Å². The Hall–Kier alpha value is -2.56. The molecule has 4 rings (SSSR count). The number of benzene rings is 2. The lowest BCUT2D eigenvalue weighted by atomic mass is 9.80. The first-order valence-corrected chi connectivity index (χ1v) is 12.7. The molecule has 1 aliphatic carbocycles. The van der Waals surface area contributed by atoms with Crippen molar-refractivity contribution in [3.05, 3.63) is 57.9 Å². The molecule has 0 unspecified atom stereocenters. The summed E-state index contributed by atoms with van der Waals surface area (Å²) >= 11 is 0. The molecule has 1 saturated carbocycles. The van der Waals surface area contributed by atoms with Crippen LogP contribution >= 0.6 is 0 Å². The number of fused-ring (bicyclic) bond motifs is 1. The number of nitrogens with zero attached hydrogens (tertiary/aromatic N) is 1. The van der Waals surface area contributed by atoms with Crippen molar-refractivity contribution < 1.29 is 13.9 Å². The molecule has 2 aliphatic rings. The second-order valence-electron chi connectivity index (χ2n) is 11.1. The molecule has 4 nitrogen and oxygen atoms in total. The minimum atomic E-state index is -0.260. The monoisotopic (exact) mass is 466 g/mol. The number of rotatable bonds is 7. The van der Waals surface area contributed by atoms with Gasteiger partial charge in [-0.1, -0.05) is 13.8 Å². The summed E-state index contributed by atoms with van der Waals surface area (Å²) in [5.41, 5.74) is 12.4. The lowest BCUT2D eigenvalue weighted by Gasteiger charge is -2.28. The van der Waals surface area contributed by atoms with Crippen LogP contribution < -0.4 is 15.4 Å². The van der Waals surface area contributed by atoms with Crippen LogP contribution in [0.4, 0.5) is 10.1 Å². The van der Waals surface area contributed by atoms with Crippen molar-refractivity contribution >= 4 is 11.6 Å². The van der Waals surface area contributed by atoms with Gasteiger partial charge in [-0.3, -0.25) is 4.79 Å². The van der Waals surface area contributed by atoms with E-state index in [-0.39, 0.29) is 23.2 Å². The average Bonchev–Trinajstić information content (AvgIpc) is 3.16. The number of amides is 1. The fourth-order valence-electron chi connectivity index (χ4n) is 5.70. The van der Waals surface area contributed by atoms with Gasteiger partial charge in [0, 0.05) is 25.2 Å². The number of hydrogen-bond acceptors (Lipinski definition) is 3. The molecule has 2 N–H and O–H groups in total. The van der Waals surface area contributed by atoms with Crippen LogP contribution in [0.1, 0.15) is 80.2 Å². The number of anilines is 1. The van der Waals surface area contributed by atoms with Gasteiger partial charge in [0.25, 0.3) is 0 Å². The third kappa shape index (κ3) is 5.73. The fourth-order valence-corrected chi connectivity index (χ4v) is 5.70. The van der Waals surface area contributed by atoms with Crippen molar-refractivity contribution in [2.24, 2.45) is 11.1 Å². The van der Waals surface area contributed by atoms with E-state index in [2.05, 4.69) is 44.7 Å². The third-order valence-corrected chi connectivity index (χ3v) is 7.44. The van der Waals surface area contributed by atoms with E-state index in [1.807, 2.05) is 6.07 Å². The average molecular weight is 467 g/mol. The van der Waals surface area contributed by atoms with Gasteiger partial charge in [-0.2, -0.15) is 0 Å². The van der Waals surface area contributed by atoms with Gasteiger partial charge in [0.15, 0.2) is 11.6 Å². The highest BCUT2D eigenvalue weighted by molar-refractivity contribution is 5.74. The molecular formula is C29H39FN2O2. The number of carbonyl (C=O) groups is 1. The van der Waals surface area contributed by atoms with E-state index in [1.165, 1.54) is 40.8 Å². The molecular weight excluding hydrogens is 427 g/mol. The van der Waals surface area contributed by atoms with Gasteiger partial charge >= 0.3 is 0 Å². The number of halogens is 1. The number of primary amides is 1. The quantitative estimate of drug-likeness (QED) is 0.532. The summed E-state index contributed by atoms with van der Waals surface area (Å²) in [6, 6.07) is 8.12. The lowest BCUT2D eigenvalue weighted by molar-refractivity contribution is -0.119. The van der Waals surface area contributed by atoms with E-state index in [4.69, 9.17) is 10.5 Å². The minimum absolute atomic E-state index is 0.159. The molecule has 0 atom stereocenters. The minimum Gasteiger partial charge on any atom is -0.487 e. The molecule has 0 spiro atoms. The molecule has 0 radical (unpaired) electrons. The first-order chi connectivity index (χ1) is 16.1. The number of nitrogens with two attached hydrogens (primary N) is 1. The van der Waals surface area contributed by atoms with Crippen molar-refractivity contribution in [3.8, 4) is 5.75 Å². The van der Waals surface area contributed by atoms with Gasteiger partial charge in [0.05, 0.1) is 6.10 Å². The lowest BCUT2D eigenvalue weighted by Crippen LogP contribution is -2.26. The second kappa shape index (κ2) is 9.97. The van der Waals surface area contributed by atoms with Crippen LogP contribution in [0.15, 0.2) is 24.3 Å². The zero-order chi connectivity index (χ0) is 24.5. The number of aryl methyl sites for hydroxylation is 3. The van der Waals surface area contributed by atoms with Crippen LogP contribution in [0.5, 0.6) is 5.75 Å². The second-order valence-corrected chi connectivity index (χ2v) is 11.1. The van der Waals surface area contributed by atoms with E-state index in [1.54, 1.807) is 6.07 Å². The van der Waals surface area contributed by atoms with Crippen LogP contribution in [-0.2, 0) is 24.2 Å². The van der Waals surface area contributed by atoms with Gasteiger partial charge in [0.2, 0.25) is 5.91 Å². The number of hydrogen-bond donors (Lipinski definition) is 1. The predicted octanol–water partition coefficient (Wildman–Crippen LogP) is 6.16. The maximum atomic E-state index is 14.9. The smallest absolute Gasteiger partial charge is 0.217 e. The highest BCUT2D eigenvalue weighted by atomic mass is 19.1. The van der Waals surface area contributed by atoms with E-state index in [9.17, 15) is 9.18 Å². The molecule has 0 saturated heterocycles.